The molecule has 1 fully saturated rings. The minimum Gasteiger partial charge on any atom is -0.481 e. The maximum atomic E-state index is 12.5. The SMILES string of the molecule is CC(C)C1(C(=O)O)CCN(C(=O)c2cc(Cl)nc(Cl)c2)C1. The minimum atomic E-state index is -0.893. The van der Waals surface area contributed by atoms with Crippen LogP contribution in [-0.4, -0.2) is 40.0 Å². The average Bonchev–Trinajstić information content (AvgIpc) is 2.83. The number of halogens is 2. The normalized spacial score (nSPS) is 21.9. The Balaban J connectivity index is 2.24. The summed E-state index contributed by atoms with van der Waals surface area (Å²) in [5.74, 6) is -1.19. The van der Waals surface area contributed by atoms with Crippen molar-refractivity contribution < 1.29 is 14.7 Å². The van der Waals surface area contributed by atoms with Crippen LogP contribution >= 0.6 is 23.2 Å². The van der Waals surface area contributed by atoms with Gasteiger partial charge in [0, 0.05) is 18.7 Å². The highest BCUT2D eigenvalue weighted by atomic mass is 35.5. The van der Waals surface area contributed by atoms with Gasteiger partial charge in [-0.2, -0.15) is 0 Å². The molecule has 21 heavy (non-hydrogen) atoms. The van der Waals surface area contributed by atoms with Crippen LogP contribution in [0, 0.1) is 11.3 Å². The molecule has 1 amide bonds. The second-order valence-corrected chi connectivity index (χ2v) is 6.37. The number of carbonyl (C=O) groups excluding carboxylic acids is 1. The molecule has 2 rings (SSSR count). The van der Waals surface area contributed by atoms with Crippen molar-refractivity contribution in [2.75, 3.05) is 13.1 Å². The van der Waals surface area contributed by atoms with Crippen LogP contribution in [0.5, 0.6) is 0 Å². The number of aliphatic carboxylic acids is 1. The van der Waals surface area contributed by atoms with Gasteiger partial charge in [0.1, 0.15) is 10.3 Å². The van der Waals surface area contributed by atoms with E-state index in [1.54, 1.807) is 0 Å². The van der Waals surface area contributed by atoms with Gasteiger partial charge in [0.15, 0.2) is 0 Å². The van der Waals surface area contributed by atoms with Crippen LogP contribution in [0.25, 0.3) is 0 Å². The summed E-state index contributed by atoms with van der Waals surface area (Å²) in [4.78, 5) is 29.4. The Hall–Kier alpha value is -1.33. The van der Waals surface area contributed by atoms with Gasteiger partial charge in [0.2, 0.25) is 0 Å². The first-order chi connectivity index (χ1) is 9.76. The molecule has 1 aromatic heterocycles. The summed E-state index contributed by atoms with van der Waals surface area (Å²) in [6.45, 7) is 4.32. The molecular weight excluding hydrogens is 315 g/mol. The summed E-state index contributed by atoms with van der Waals surface area (Å²) in [6, 6.07) is 2.87. The van der Waals surface area contributed by atoms with Crippen molar-refractivity contribution in [3.63, 3.8) is 0 Å². The molecule has 1 saturated heterocycles. The highest BCUT2D eigenvalue weighted by molar-refractivity contribution is 6.33. The number of hydrogen-bond donors (Lipinski definition) is 1. The van der Waals surface area contributed by atoms with E-state index in [0.29, 0.717) is 18.5 Å². The summed E-state index contributed by atoms with van der Waals surface area (Å²) in [6.07, 6.45) is 0.443. The number of hydrogen-bond acceptors (Lipinski definition) is 3. The van der Waals surface area contributed by atoms with Gasteiger partial charge in [-0.3, -0.25) is 9.59 Å². The van der Waals surface area contributed by atoms with E-state index in [1.165, 1.54) is 17.0 Å². The van der Waals surface area contributed by atoms with E-state index < -0.39 is 11.4 Å². The molecule has 1 aromatic rings. The van der Waals surface area contributed by atoms with Crippen LogP contribution in [0.15, 0.2) is 12.1 Å². The molecule has 114 valence electrons. The van der Waals surface area contributed by atoms with E-state index in [4.69, 9.17) is 23.2 Å². The number of carboxylic acid groups (broad SMARTS) is 1. The van der Waals surface area contributed by atoms with Crippen molar-refractivity contribution in [2.24, 2.45) is 11.3 Å². The minimum absolute atomic E-state index is 0.0579. The highest BCUT2D eigenvalue weighted by Gasteiger charge is 2.48. The van der Waals surface area contributed by atoms with Crippen molar-refractivity contribution in [1.82, 2.24) is 9.88 Å². The van der Waals surface area contributed by atoms with Crippen molar-refractivity contribution in [3.05, 3.63) is 28.0 Å². The molecule has 0 saturated carbocycles. The van der Waals surface area contributed by atoms with Crippen LogP contribution in [0.4, 0.5) is 0 Å². The number of aromatic nitrogens is 1. The van der Waals surface area contributed by atoms with E-state index in [0.717, 1.165) is 0 Å². The largest absolute Gasteiger partial charge is 0.481 e. The van der Waals surface area contributed by atoms with Gasteiger partial charge in [0.25, 0.3) is 5.91 Å². The number of likely N-dealkylation sites (tertiary alicyclic amines) is 1. The van der Waals surface area contributed by atoms with E-state index in [1.807, 2.05) is 13.8 Å². The quantitative estimate of drug-likeness (QED) is 0.865. The first kappa shape index (κ1) is 16.0. The fraction of sp³-hybridized carbons (Fsp3) is 0.500. The Bertz CT molecular complexity index is 571. The predicted molar refractivity (Wildman–Crippen MR) is 79.7 cm³/mol. The number of pyridine rings is 1. The van der Waals surface area contributed by atoms with Crippen molar-refractivity contribution >= 4 is 35.1 Å². The maximum absolute atomic E-state index is 12.5. The third kappa shape index (κ3) is 2.99. The standard InChI is InChI=1S/C14H16Cl2N2O3/c1-8(2)14(13(20)21)3-4-18(7-14)12(19)9-5-10(15)17-11(16)6-9/h5-6,8H,3-4,7H2,1-2H3,(H,20,21). The molecule has 5 nitrogen and oxygen atoms in total. The lowest BCUT2D eigenvalue weighted by Gasteiger charge is -2.28. The summed E-state index contributed by atoms with van der Waals surface area (Å²) >= 11 is 11.6. The zero-order valence-electron chi connectivity index (χ0n) is 11.8. The third-order valence-corrected chi connectivity index (χ3v) is 4.52. The van der Waals surface area contributed by atoms with E-state index in [-0.39, 0.29) is 28.7 Å². The Morgan fingerprint density at radius 2 is 1.90 bits per heavy atom. The number of rotatable bonds is 3. The van der Waals surface area contributed by atoms with Gasteiger partial charge in [-0.15, -0.1) is 0 Å². The van der Waals surface area contributed by atoms with Crippen LogP contribution in [0.1, 0.15) is 30.6 Å². The number of carboxylic acids is 1. The lowest BCUT2D eigenvalue weighted by Crippen LogP contribution is -2.40. The van der Waals surface area contributed by atoms with E-state index in [2.05, 4.69) is 4.98 Å². The number of nitrogens with zero attached hydrogens (tertiary/aromatic N) is 2. The molecule has 1 aliphatic heterocycles. The molecule has 7 heteroatoms. The Morgan fingerprint density at radius 1 is 1.33 bits per heavy atom. The smallest absolute Gasteiger partial charge is 0.311 e. The monoisotopic (exact) mass is 330 g/mol. The van der Waals surface area contributed by atoms with Crippen LogP contribution in [-0.2, 0) is 4.79 Å². The Morgan fingerprint density at radius 3 is 2.33 bits per heavy atom. The number of amides is 1. The first-order valence-electron chi connectivity index (χ1n) is 6.62. The molecule has 1 unspecified atom stereocenters. The van der Waals surface area contributed by atoms with Crippen molar-refractivity contribution in [1.29, 1.82) is 0 Å². The van der Waals surface area contributed by atoms with E-state index >= 15 is 0 Å². The van der Waals surface area contributed by atoms with Crippen LogP contribution < -0.4 is 0 Å². The average molecular weight is 331 g/mol. The predicted octanol–water partition coefficient (Wildman–Crippen LogP) is 2.96. The fourth-order valence-electron chi connectivity index (χ4n) is 2.67. The first-order valence-corrected chi connectivity index (χ1v) is 7.37. The molecule has 0 radical (unpaired) electrons. The number of carbonyl (C=O) groups is 2. The van der Waals surface area contributed by atoms with Crippen LogP contribution in [0.3, 0.4) is 0 Å². The van der Waals surface area contributed by atoms with Crippen LogP contribution in [0.2, 0.25) is 10.3 Å². The van der Waals surface area contributed by atoms with Gasteiger partial charge >= 0.3 is 5.97 Å². The molecule has 1 aliphatic rings. The Kier molecular flexibility index (Phi) is 4.44. The molecule has 0 spiro atoms. The second-order valence-electron chi connectivity index (χ2n) is 5.59. The third-order valence-electron chi connectivity index (χ3n) is 4.13. The maximum Gasteiger partial charge on any atom is 0.311 e. The van der Waals surface area contributed by atoms with Gasteiger partial charge in [-0.05, 0) is 24.5 Å². The molecule has 1 atom stereocenters. The molecule has 0 bridgehead atoms. The topological polar surface area (TPSA) is 70.5 Å². The summed E-state index contributed by atoms with van der Waals surface area (Å²) < 4.78 is 0. The van der Waals surface area contributed by atoms with E-state index in [9.17, 15) is 14.7 Å². The summed E-state index contributed by atoms with van der Waals surface area (Å²) in [5.41, 5.74) is -0.569. The summed E-state index contributed by atoms with van der Waals surface area (Å²) in [5, 5.41) is 9.78. The van der Waals surface area contributed by atoms with Gasteiger partial charge in [0.05, 0.1) is 5.41 Å². The Labute approximate surface area is 132 Å². The van der Waals surface area contributed by atoms with Gasteiger partial charge in [-0.1, -0.05) is 37.0 Å². The summed E-state index contributed by atoms with van der Waals surface area (Å²) in [7, 11) is 0. The molecule has 0 aromatic carbocycles. The molecule has 2 heterocycles. The second kappa shape index (κ2) is 5.81. The lowest BCUT2D eigenvalue weighted by molar-refractivity contribution is -0.150. The lowest BCUT2D eigenvalue weighted by atomic mass is 9.76. The van der Waals surface area contributed by atoms with Gasteiger partial charge < -0.3 is 10.0 Å². The fourth-order valence-corrected chi connectivity index (χ4v) is 3.13. The molecule has 0 aliphatic carbocycles. The molecular formula is C14H16Cl2N2O3. The highest BCUT2D eigenvalue weighted by Crippen LogP contribution is 2.38. The van der Waals surface area contributed by atoms with Gasteiger partial charge in [-0.25, -0.2) is 4.98 Å². The molecule has 1 N–H and O–H groups in total. The van der Waals surface area contributed by atoms with Crippen molar-refractivity contribution in [3.8, 4) is 0 Å². The zero-order chi connectivity index (χ0) is 15.8. The zero-order valence-corrected chi connectivity index (χ0v) is 13.3. The van der Waals surface area contributed by atoms with Crippen molar-refractivity contribution in [2.45, 2.75) is 20.3 Å².